The molecule has 0 spiro atoms. The molecule has 1 aromatic rings. The molecule has 0 bridgehead atoms. The smallest absolute Gasteiger partial charge is 0.126 e. The van der Waals surface area contributed by atoms with Gasteiger partial charge in [-0.05, 0) is 48.4 Å². The maximum atomic E-state index is 13.8. The molecule has 108 valence electrons. The van der Waals surface area contributed by atoms with Gasteiger partial charge in [0.25, 0.3) is 0 Å². The quantitative estimate of drug-likeness (QED) is 0.782. The van der Waals surface area contributed by atoms with Crippen molar-refractivity contribution in [3.63, 3.8) is 0 Å². The number of rotatable bonds is 6. The zero-order valence-electron chi connectivity index (χ0n) is 12.2. The van der Waals surface area contributed by atoms with Gasteiger partial charge in [0.2, 0.25) is 0 Å². The van der Waals surface area contributed by atoms with Crippen molar-refractivity contribution in [1.82, 2.24) is 0 Å². The monoisotopic (exact) mass is 330 g/mol. The van der Waals surface area contributed by atoms with Gasteiger partial charge < -0.3 is 5.11 Å². The molecule has 0 aromatic heterocycles. The molecule has 0 fully saturated rings. The number of halogens is 2. The Kier molecular flexibility index (Phi) is 6.00. The van der Waals surface area contributed by atoms with E-state index >= 15 is 0 Å². The van der Waals surface area contributed by atoms with E-state index in [4.69, 9.17) is 0 Å². The molecule has 0 amide bonds. The number of aliphatic hydroxyl groups is 1. The van der Waals surface area contributed by atoms with Crippen LogP contribution < -0.4 is 0 Å². The average Bonchev–Trinajstić information content (AvgIpc) is 2.20. The summed E-state index contributed by atoms with van der Waals surface area (Å²) in [6.45, 7) is 8.34. The first-order valence-electron chi connectivity index (χ1n) is 6.88. The molecule has 1 nitrogen and oxygen atoms in total. The van der Waals surface area contributed by atoms with Crippen molar-refractivity contribution in [2.75, 3.05) is 0 Å². The molecule has 3 heteroatoms. The molecule has 0 unspecified atom stereocenters. The van der Waals surface area contributed by atoms with E-state index in [0.29, 0.717) is 36.7 Å². The molecule has 0 aliphatic heterocycles. The summed E-state index contributed by atoms with van der Waals surface area (Å²) in [6.07, 6.45) is 1.75. The van der Waals surface area contributed by atoms with Crippen LogP contribution in [0.4, 0.5) is 4.39 Å². The molecule has 0 aliphatic rings. The lowest BCUT2D eigenvalue weighted by Gasteiger charge is -2.32. The van der Waals surface area contributed by atoms with Gasteiger partial charge in [-0.2, -0.15) is 0 Å². The van der Waals surface area contributed by atoms with Crippen LogP contribution in [0.3, 0.4) is 0 Å². The number of hydrogen-bond acceptors (Lipinski definition) is 1. The molecular formula is C16H24BrFO. The summed E-state index contributed by atoms with van der Waals surface area (Å²) in [5.74, 6) is 0.534. The Bertz CT molecular complexity index is 405. The third-order valence-corrected chi connectivity index (χ3v) is 3.60. The van der Waals surface area contributed by atoms with Crippen LogP contribution in [-0.2, 0) is 6.42 Å². The summed E-state index contributed by atoms with van der Waals surface area (Å²) in [4.78, 5) is 0. The first-order chi connectivity index (χ1) is 8.72. The highest BCUT2D eigenvalue weighted by Crippen LogP contribution is 2.30. The fourth-order valence-electron chi connectivity index (χ4n) is 2.78. The summed E-state index contributed by atoms with van der Waals surface area (Å²) in [7, 11) is 0. The van der Waals surface area contributed by atoms with Crippen LogP contribution in [0.1, 0.15) is 46.1 Å². The van der Waals surface area contributed by atoms with Crippen LogP contribution in [0.25, 0.3) is 0 Å². The molecule has 0 atom stereocenters. The van der Waals surface area contributed by atoms with Crippen molar-refractivity contribution >= 4 is 15.9 Å². The van der Waals surface area contributed by atoms with E-state index in [9.17, 15) is 9.50 Å². The normalized spacial score (nSPS) is 12.5. The third-order valence-electron chi connectivity index (χ3n) is 3.10. The Morgan fingerprint density at radius 2 is 1.68 bits per heavy atom. The highest BCUT2D eigenvalue weighted by molar-refractivity contribution is 9.10. The van der Waals surface area contributed by atoms with Gasteiger partial charge in [0, 0.05) is 10.9 Å². The van der Waals surface area contributed by atoms with Crippen molar-refractivity contribution in [2.24, 2.45) is 11.8 Å². The third kappa shape index (κ3) is 5.62. The van der Waals surface area contributed by atoms with Gasteiger partial charge in [-0.25, -0.2) is 4.39 Å². The molecule has 0 saturated heterocycles. The Morgan fingerprint density at radius 1 is 1.16 bits per heavy atom. The predicted molar refractivity (Wildman–Crippen MR) is 81.7 cm³/mol. The van der Waals surface area contributed by atoms with E-state index in [-0.39, 0.29) is 5.82 Å². The lowest BCUT2D eigenvalue weighted by atomic mass is 9.80. The number of hydrogen-bond donors (Lipinski definition) is 1. The molecule has 0 aliphatic carbocycles. The zero-order chi connectivity index (χ0) is 14.6. The van der Waals surface area contributed by atoms with E-state index in [1.165, 1.54) is 6.07 Å². The second-order valence-electron chi connectivity index (χ2n) is 6.33. The predicted octanol–water partition coefficient (Wildman–Crippen LogP) is 4.95. The molecule has 0 saturated carbocycles. The summed E-state index contributed by atoms with van der Waals surface area (Å²) in [5, 5.41) is 10.8. The summed E-state index contributed by atoms with van der Waals surface area (Å²) in [5.41, 5.74) is -0.248. The van der Waals surface area contributed by atoms with Crippen LogP contribution in [0.5, 0.6) is 0 Å². The summed E-state index contributed by atoms with van der Waals surface area (Å²) < 4.78 is 14.7. The van der Waals surface area contributed by atoms with Crippen molar-refractivity contribution in [3.8, 4) is 0 Å². The fraction of sp³-hybridized carbons (Fsp3) is 0.625. The van der Waals surface area contributed by atoms with Gasteiger partial charge in [-0.3, -0.25) is 0 Å². The standard InChI is InChI=1S/C16H24BrFO/c1-11(2)8-16(19,9-12(3)4)10-13-7-14(17)5-6-15(13)18/h5-7,11-12,19H,8-10H2,1-4H3. The van der Waals surface area contributed by atoms with Gasteiger partial charge in [-0.1, -0.05) is 43.6 Å². The average molecular weight is 331 g/mol. The van der Waals surface area contributed by atoms with Crippen molar-refractivity contribution in [3.05, 3.63) is 34.1 Å². The molecule has 1 rings (SSSR count). The van der Waals surface area contributed by atoms with Crippen LogP contribution in [0.15, 0.2) is 22.7 Å². The van der Waals surface area contributed by atoms with E-state index in [1.54, 1.807) is 12.1 Å². The van der Waals surface area contributed by atoms with E-state index in [2.05, 4.69) is 43.6 Å². The van der Waals surface area contributed by atoms with Crippen molar-refractivity contribution in [2.45, 2.75) is 52.6 Å². The zero-order valence-corrected chi connectivity index (χ0v) is 13.8. The van der Waals surface area contributed by atoms with E-state index < -0.39 is 5.60 Å². The SMILES string of the molecule is CC(C)CC(O)(Cc1cc(Br)ccc1F)CC(C)C. The lowest BCUT2D eigenvalue weighted by molar-refractivity contribution is 0.0000499. The topological polar surface area (TPSA) is 20.2 Å². The highest BCUT2D eigenvalue weighted by Gasteiger charge is 2.30. The van der Waals surface area contributed by atoms with Crippen molar-refractivity contribution < 1.29 is 9.50 Å². The highest BCUT2D eigenvalue weighted by atomic mass is 79.9. The molecular weight excluding hydrogens is 307 g/mol. The van der Waals surface area contributed by atoms with Crippen LogP contribution in [-0.4, -0.2) is 10.7 Å². The van der Waals surface area contributed by atoms with Crippen molar-refractivity contribution in [1.29, 1.82) is 0 Å². The molecule has 1 N–H and O–H groups in total. The second kappa shape index (κ2) is 6.85. The summed E-state index contributed by atoms with van der Waals surface area (Å²) in [6, 6.07) is 4.90. The van der Waals surface area contributed by atoms with Gasteiger partial charge in [-0.15, -0.1) is 0 Å². The van der Waals surface area contributed by atoms with E-state index in [0.717, 1.165) is 4.47 Å². The minimum absolute atomic E-state index is 0.242. The van der Waals surface area contributed by atoms with Crippen LogP contribution in [0.2, 0.25) is 0 Å². The van der Waals surface area contributed by atoms with Gasteiger partial charge >= 0.3 is 0 Å². The summed E-state index contributed by atoms with van der Waals surface area (Å²) >= 11 is 3.36. The van der Waals surface area contributed by atoms with Gasteiger partial charge in [0.05, 0.1) is 5.60 Å². The second-order valence-corrected chi connectivity index (χ2v) is 7.25. The first-order valence-corrected chi connectivity index (χ1v) is 7.67. The maximum Gasteiger partial charge on any atom is 0.126 e. The maximum absolute atomic E-state index is 13.8. The van der Waals surface area contributed by atoms with Gasteiger partial charge in [0.15, 0.2) is 0 Å². The minimum atomic E-state index is -0.829. The minimum Gasteiger partial charge on any atom is -0.390 e. The Hall–Kier alpha value is -0.410. The molecule has 19 heavy (non-hydrogen) atoms. The first kappa shape index (κ1) is 16.6. The van der Waals surface area contributed by atoms with Crippen LogP contribution in [0, 0.1) is 17.7 Å². The van der Waals surface area contributed by atoms with Gasteiger partial charge in [0.1, 0.15) is 5.82 Å². The lowest BCUT2D eigenvalue weighted by Crippen LogP contribution is -2.35. The largest absolute Gasteiger partial charge is 0.390 e. The molecule has 1 aromatic carbocycles. The van der Waals surface area contributed by atoms with E-state index in [1.807, 2.05) is 0 Å². The number of benzene rings is 1. The Balaban J connectivity index is 2.96. The fourth-order valence-corrected chi connectivity index (χ4v) is 3.19. The molecule has 0 radical (unpaired) electrons. The Labute approximate surface area is 124 Å². The van der Waals surface area contributed by atoms with Crippen LogP contribution >= 0.6 is 15.9 Å². The molecule has 0 heterocycles. The Morgan fingerprint density at radius 3 is 2.16 bits per heavy atom.